The molecule has 0 atom stereocenters. The summed E-state index contributed by atoms with van der Waals surface area (Å²) in [6.07, 6.45) is 4.74. The molecule has 0 aliphatic carbocycles. The van der Waals surface area contributed by atoms with Gasteiger partial charge in [0.2, 0.25) is 15.9 Å². The summed E-state index contributed by atoms with van der Waals surface area (Å²) in [6.45, 7) is 7.86. The van der Waals surface area contributed by atoms with Crippen LogP contribution in [0.15, 0.2) is 53.7 Å². The molecule has 10 nitrogen and oxygen atoms in total. The Bertz CT molecular complexity index is 1390. The van der Waals surface area contributed by atoms with E-state index in [4.69, 9.17) is 9.47 Å². The third kappa shape index (κ3) is 9.72. The van der Waals surface area contributed by atoms with Gasteiger partial charge in [-0.2, -0.15) is 4.31 Å². The van der Waals surface area contributed by atoms with Crippen molar-refractivity contribution >= 4 is 21.7 Å². The highest BCUT2D eigenvalue weighted by atomic mass is 32.2. The van der Waals surface area contributed by atoms with Gasteiger partial charge in [0, 0.05) is 53.4 Å². The lowest BCUT2D eigenvalue weighted by Gasteiger charge is -2.20. The molecule has 224 valence electrons. The fraction of sp³-hybridized carbons (Fsp3) is 0.433. The van der Waals surface area contributed by atoms with Gasteiger partial charge in [-0.05, 0) is 61.2 Å². The molecule has 1 amide bonds. The normalized spacial score (nSPS) is 11.0. The number of ether oxygens (including phenoxy) is 2. The van der Waals surface area contributed by atoms with Crippen molar-refractivity contribution in [2.24, 2.45) is 7.05 Å². The zero-order valence-electron chi connectivity index (χ0n) is 25.3. The van der Waals surface area contributed by atoms with Gasteiger partial charge in [-0.3, -0.25) is 9.59 Å². The molecule has 0 N–H and O–H groups in total. The number of amides is 1. The summed E-state index contributed by atoms with van der Waals surface area (Å²) in [5.74, 6) is 2.27. The SMILES string of the molecule is CC(=O)N(C)Cc1ccc(OCc2nccn2C)cc1.CCCC(=O)CN(C)S(=O)(=O)c1c(C)cc(OC)cc1C. The Balaban J connectivity index is 0.000000287. The average Bonchev–Trinajstić information content (AvgIpc) is 3.32. The van der Waals surface area contributed by atoms with Gasteiger partial charge in [-0.25, -0.2) is 13.4 Å². The first kappa shape index (κ1) is 33.5. The number of carbonyl (C=O) groups is 2. The molecular weight excluding hydrogens is 544 g/mol. The van der Waals surface area contributed by atoms with Crippen LogP contribution in [0.3, 0.4) is 0 Å². The van der Waals surface area contributed by atoms with E-state index in [1.165, 1.54) is 14.2 Å². The number of imidazole rings is 1. The predicted octanol–water partition coefficient (Wildman–Crippen LogP) is 4.28. The third-order valence-electron chi connectivity index (χ3n) is 6.44. The maximum Gasteiger partial charge on any atom is 0.243 e. The van der Waals surface area contributed by atoms with Gasteiger partial charge in [0.15, 0.2) is 0 Å². The van der Waals surface area contributed by atoms with Crippen LogP contribution in [0.2, 0.25) is 0 Å². The molecule has 0 aliphatic rings. The van der Waals surface area contributed by atoms with E-state index in [0.717, 1.165) is 21.4 Å². The highest BCUT2D eigenvalue weighted by Crippen LogP contribution is 2.27. The number of aryl methyl sites for hydroxylation is 3. The average molecular weight is 587 g/mol. The van der Waals surface area contributed by atoms with Crippen LogP contribution in [0.1, 0.15) is 49.2 Å². The van der Waals surface area contributed by atoms with Crippen LogP contribution in [0.4, 0.5) is 0 Å². The highest BCUT2D eigenvalue weighted by molar-refractivity contribution is 7.89. The quantitative estimate of drug-likeness (QED) is 0.312. The number of sulfonamides is 1. The second kappa shape index (κ2) is 15.3. The van der Waals surface area contributed by atoms with Crippen molar-refractivity contribution in [1.29, 1.82) is 0 Å². The Kier molecular flexibility index (Phi) is 12.5. The monoisotopic (exact) mass is 586 g/mol. The zero-order chi connectivity index (χ0) is 30.7. The van der Waals surface area contributed by atoms with E-state index in [2.05, 4.69) is 4.98 Å². The molecule has 1 heterocycles. The molecule has 0 saturated carbocycles. The molecule has 3 aromatic rings. The maximum atomic E-state index is 12.6. The molecule has 0 aliphatic heterocycles. The lowest BCUT2D eigenvalue weighted by molar-refractivity contribution is -0.128. The van der Waals surface area contributed by atoms with E-state index in [0.29, 0.717) is 42.9 Å². The number of likely N-dealkylation sites (N-methyl/N-ethyl adjacent to an activating group) is 1. The molecule has 0 radical (unpaired) electrons. The summed E-state index contributed by atoms with van der Waals surface area (Å²) in [5.41, 5.74) is 2.30. The molecule has 41 heavy (non-hydrogen) atoms. The summed E-state index contributed by atoms with van der Waals surface area (Å²) < 4.78 is 39.1. The largest absolute Gasteiger partial charge is 0.497 e. The molecule has 0 fully saturated rings. The van der Waals surface area contributed by atoms with Crippen molar-refractivity contribution in [3.8, 4) is 11.5 Å². The van der Waals surface area contributed by atoms with Gasteiger partial charge in [0.1, 0.15) is 29.7 Å². The lowest BCUT2D eigenvalue weighted by Crippen LogP contribution is -2.33. The second-order valence-corrected chi connectivity index (χ2v) is 11.9. The van der Waals surface area contributed by atoms with Crippen LogP contribution in [0, 0.1) is 13.8 Å². The fourth-order valence-corrected chi connectivity index (χ4v) is 5.60. The third-order valence-corrected chi connectivity index (χ3v) is 8.54. The fourth-order valence-electron chi connectivity index (χ4n) is 4.04. The molecule has 0 saturated heterocycles. The Labute approximate surface area is 243 Å². The van der Waals surface area contributed by atoms with E-state index < -0.39 is 10.0 Å². The minimum Gasteiger partial charge on any atom is -0.497 e. The molecule has 1 aromatic heterocycles. The van der Waals surface area contributed by atoms with E-state index >= 15 is 0 Å². The Morgan fingerprint density at radius 1 is 1.02 bits per heavy atom. The second-order valence-electron chi connectivity index (χ2n) is 9.90. The van der Waals surface area contributed by atoms with E-state index in [1.807, 2.05) is 49.0 Å². The van der Waals surface area contributed by atoms with Crippen LogP contribution < -0.4 is 9.47 Å². The summed E-state index contributed by atoms with van der Waals surface area (Å²) in [6, 6.07) is 11.1. The number of Topliss-reactive ketones (excluding diaryl/α,β-unsaturated/α-hetero) is 1. The van der Waals surface area contributed by atoms with Crippen LogP contribution in [-0.2, 0) is 39.8 Å². The molecule has 2 aromatic carbocycles. The number of hydrogen-bond acceptors (Lipinski definition) is 7. The van der Waals surface area contributed by atoms with Crippen molar-refractivity contribution in [1.82, 2.24) is 18.8 Å². The van der Waals surface area contributed by atoms with Gasteiger partial charge in [0.05, 0.1) is 18.6 Å². The van der Waals surface area contributed by atoms with E-state index in [-0.39, 0.29) is 23.1 Å². The van der Waals surface area contributed by atoms with Crippen LogP contribution in [0.5, 0.6) is 11.5 Å². The molecule has 11 heteroatoms. The Hall–Kier alpha value is -3.70. The van der Waals surface area contributed by atoms with Crippen LogP contribution in [-0.4, -0.2) is 66.6 Å². The minimum absolute atomic E-state index is 0.0557. The van der Waals surface area contributed by atoms with Crippen molar-refractivity contribution < 1.29 is 27.5 Å². The first-order valence-corrected chi connectivity index (χ1v) is 14.8. The number of nitrogens with zero attached hydrogens (tertiary/aromatic N) is 4. The number of benzene rings is 2. The number of methoxy groups -OCH3 is 1. The topological polar surface area (TPSA) is 111 Å². The first-order chi connectivity index (χ1) is 19.3. The summed E-state index contributed by atoms with van der Waals surface area (Å²) in [4.78, 5) is 29.0. The number of hydrogen-bond donors (Lipinski definition) is 0. The molecular formula is C30H42N4O6S. The summed E-state index contributed by atoms with van der Waals surface area (Å²) in [5, 5.41) is 0. The van der Waals surface area contributed by atoms with E-state index in [9.17, 15) is 18.0 Å². The van der Waals surface area contributed by atoms with Crippen molar-refractivity contribution in [2.45, 2.75) is 58.6 Å². The smallest absolute Gasteiger partial charge is 0.243 e. The molecule has 0 spiro atoms. The van der Waals surface area contributed by atoms with Gasteiger partial charge < -0.3 is 18.9 Å². The van der Waals surface area contributed by atoms with Gasteiger partial charge in [-0.15, -0.1) is 0 Å². The number of rotatable bonds is 12. The van der Waals surface area contributed by atoms with Crippen molar-refractivity contribution in [3.63, 3.8) is 0 Å². The van der Waals surface area contributed by atoms with Crippen LogP contribution >= 0.6 is 0 Å². The summed E-state index contributed by atoms with van der Waals surface area (Å²) >= 11 is 0. The number of carbonyl (C=O) groups excluding carboxylic acids is 2. The molecule has 3 rings (SSSR count). The van der Waals surface area contributed by atoms with Crippen molar-refractivity contribution in [2.75, 3.05) is 27.7 Å². The number of ketones is 1. The van der Waals surface area contributed by atoms with Gasteiger partial charge in [-0.1, -0.05) is 19.1 Å². The van der Waals surface area contributed by atoms with Crippen LogP contribution in [0.25, 0.3) is 0 Å². The predicted molar refractivity (Wildman–Crippen MR) is 158 cm³/mol. The Morgan fingerprint density at radius 3 is 2.12 bits per heavy atom. The highest BCUT2D eigenvalue weighted by Gasteiger charge is 2.26. The maximum absolute atomic E-state index is 12.6. The lowest BCUT2D eigenvalue weighted by atomic mass is 10.1. The molecule has 0 unspecified atom stereocenters. The van der Waals surface area contributed by atoms with E-state index in [1.54, 1.807) is 51.0 Å². The summed E-state index contributed by atoms with van der Waals surface area (Å²) in [7, 11) is 3.02. The standard InChI is InChI=1S/C15H19N3O2.C15H23NO4S/c1-12(19)18(3)10-13-4-6-14(7-5-13)20-11-15-16-8-9-17(15)2;1-6-7-13(17)10-16(4)21(18,19)15-11(2)8-14(20-5)9-12(15)3/h4-9H,10-11H2,1-3H3;8-9H,6-7,10H2,1-5H3. The minimum atomic E-state index is -3.68. The first-order valence-electron chi connectivity index (χ1n) is 13.3. The van der Waals surface area contributed by atoms with Crippen molar-refractivity contribution in [3.05, 3.63) is 71.3 Å². The molecule has 0 bridgehead atoms. The number of aromatic nitrogens is 2. The zero-order valence-corrected chi connectivity index (χ0v) is 26.1. The van der Waals surface area contributed by atoms with Gasteiger partial charge >= 0.3 is 0 Å². The van der Waals surface area contributed by atoms with Gasteiger partial charge in [0.25, 0.3) is 0 Å². The Morgan fingerprint density at radius 2 is 1.63 bits per heavy atom.